The van der Waals surface area contributed by atoms with E-state index in [2.05, 4.69) is 70.2 Å². The lowest BCUT2D eigenvalue weighted by atomic mass is 9.98. The minimum Gasteiger partial charge on any atom is -0.318 e. The molecule has 0 amide bonds. The van der Waals surface area contributed by atoms with Gasteiger partial charge in [-0.05, 0) is 53.0 Å². The maximum Gasteiger partial charge on any atom is 0.332 e. The Labute approximate surface area is 244 Å². The molecule has 6 rings (SSSR count). The first-order chi connectivity index (χ1) is 20.4. The van der Waals surface area contributed by atoms with Crippen LogP contribution in [0.1, 0.15) is 64.3 Å². The topological polar surface area (TPSA) is 116 Å². The average Bonchev–Trinajstić information content (AvgIpc) is 3.50. The van der Waals surface area contributed by atoms with E-state index in [0.29, 0.717) is 42.5 Å². The summed E-state index contributed by atoms with van der Waals surface area (Å²) in [6.45, 7) is 7.87. The first-order valence-corrected chi connectivity index (χ1v) is 15.1. The molecule has 1 fully saturated rings. The largest absolute Gasteiger partial charge is 0.332 e. The Morgan fingerprint density at radius 1 is 0.952 bits per heavy atom. The smallest absolute Gasteiger partial charge is 0.318 e. The van der Waals surface area contributed by atoms with Crippen LogP contribution in [-0.4, -0.2) is 39.3 Å². The number of hydrogen-bond acceptors (Lipinski definition) is 6. The Hall–Kier alpha value is -4.34. The fraction of sp³-hybridized carbons (Fsp3) is 0.438. The van der Waals surface area contributed by atoms with Gasteiger partial charge in [-0.2, -0.15) is 5.21 Å². The molecule has 0 unspecified atom stereocenters. The van der Waals surface area contributed by atoms with Crippen LogP contribution in [0, 0.1) is 11.8 Å². The van der Waals surface area contributed by atoms with Crippen molar-refractivity contribution in [3.8, 4) is 22.5 Å². The van der Waals surface area contributed by atoms with Gasteiger partial charge in [0.05, 0.1) is 0 Å². The van der Waals surface area contributed by atoms with Crippen molar-refractivity contribution in [3.05, 3.63) is 80.8 Å². The monoisotopic (exact) mass is 566 g/mol. The average molecular weight is 567 g/mol. The zero-order chi connectivity index (χ0) is 29.2. The number of rotatable bonds is 12. The second-order valence-corrected chi connectivity index (χ2v) is 11.9. The summed E-state index contributed by atoms with van der Waals surface area (Å²) in [7, 11) is 0. The molecule has 1 aliphatic rings. The number of tetrazole rings is 1. The predicted molar refractivity (Wildman–Crippen MR) is 163 cm³/mol. The van der Waals surface area contributed by atoms with Crippen LogP contribution in [0.15, 0.2) is 58.1 Å². The van der Waals surface area contributed by atoms with Gasteiger partial charge in [-0.3, -0.25) is 13.9 Å². The van der Waals surface area contributed by atoms with Crippen molar-refractivity contribution in [1.29, 1.82) is 0 Å². The fourth-order valence-corrected chi connectivity index (χ4v) is 5.66. The van der Waals surface area contributed by atoms with Crippen LogP contribution in [0.5, 0.6) is 0 Å². The normalized spacial score (nSPS) is 13.4. The fourth-order valence-electron chi connectivity index (χ4n) is 5.66. The molecule has 1 saturated carbocycles. The van der Waals surface area contributed by atoms with Crippen LogP contribution in [0.2, 0.25) is 0 Å². The molecule has 3 heterocycles. The van der Waals surface area contributed by atoms with E-state index in [-0.39, 0.29) is 17.2 Å². The molecule has 1 N–H and O–H groups in total. The van der Waals surface area contributed by atoms with Gasteiger partial charge in [0.15, 0.2) is 11.2 Å². The number of fused-ring (bicyclic) bond motifs is 1. The molecular weight excluding hydrogens is 528 g/mol. The molecule has 0 saturated heterocycles. The minimum atomic E-state index is -0.234. The molecule has 3 aromatic heterocycles. The standard InChI is InChI=1S/C32H38N8O2/c1-4-5-6-11-27-33-30-28(31(41)40(20-22-12-13-22)32(42)39(30)18-21(2)3)38(27)19-23-14-16-24(17-15-23)25-9-7-8-10-26(25)29-34-36-37-35-29/h7-10,14-17,21-22H,4-6,11-13,18-20H2,1-3H3,(H,34,35,36,37). The van der Waals surface area contributed by atoms with E-state index in [0.717, 1.165) is 66.6 Å². The third-order valence-corrected chi connectivity index (χ3v) is 8.00. The first-order valence-electron chi connectivity index (χ1n) is 15.1. The van der Waals surface area contributed by atoms with Crippen LogP contribution >= 0.6 is 0 Å². The summed E-state index contributed by atoms with van der Waals surface area (Å²) in [5.41, 5.74) is 4.61. The number of benzene rings is 2. The lowest BCUT2D eigenvalue weighted by Gasteiger charge is -2.14. The van der Waals surface area contributed by atoms with Gasteiger partial charge >= 0.3 is 5.69 Å². The van der Waals surface area contributed by atoms with Gasteiger partial charge in [0, 0.05) is 31.6 Å². The van der Waals surface area contributed by atoms with Gasteiger partial charge in [-0.1, -0.05) is 82.1 Å². The van der Waals surface area contributed by atoms with Gasteiger partial charge in [-0.15, -0.1) is 10.2 Å². The number of imidazole rings is 1. The van der Waals surface area contributed by atoms with Gasteiger partial charge in [0.1, 0.15) is 5.82 Å². The number of aromatic amines is 1. The molecular formula is C32H38N8O2. The molecule has 0 bridgehead atoms. The number of H-pyrrole nitrogens is 1. The molecule has 0 radical (unpaired) electrons. The number of hydrogen-bond donors (Lipinski definition) is 1. The highest BCUT2D eigenvalue weighted by molar-refractivity contribution is 5.80. The summed E-state index contributed by atoms with van der Waals surface area (Å²) in [6.07, 6.45) is 6.06. The van der Waals surface area contributed by atoms with Crippen LogP contribution in [0.25, 0.3) is 33.7 Å². The van der Waals surface area contributed by atoms with Crippen molar-refractivity contribution in [2.75, 3.05) is 0 Å². The summed E-state index contributed by atoms with van der Waals surface area (Å²) in [4.78, 5) is 32.5. The molecule has 0 atom stereocenters. The quantitative estimate of drug-likeness (QED) is 0.211. The highest BCUT2D eigenvalue weighted by atomic mass is 16.2. The molecule has 218 valence electrons. The first kappa shape index (κ1) is 27.8. The Balaban J connectivity index is 1.43. The predicted octanol–water partition coefficient (Wildman–Crippen LogP) is 5.05. The summed E-state index contributed by atoms with van der Waals surface area (Å²) < 4.78 is 5.27. The van der Waals surface area contributed by atoms with E-state index in [1.54, 1.807) is 4.57 Å². The highest BCUT2D eigenvalue weighted by Crippen LogP contribution is 2.31. The molecule has 5 aromatic rings. The van der Waals surface area contributed by atoms with E-state index in [1.807, 2.05) is 24.3 Å². The van der Waals surface area contributed by atoms with Crippen molar-refractivity contribution in [2.45, 2.75) is 78.9 Å². The van der Waals surface area contributed by atoms with Crippen molar-refractivity contribution in [2.24, 2.45) is 11.8 Å². The maximum absolute atomic E-state index is 14.0. The van der Waals surface area contributed by atoms with Gasteiger partial charge in [0.2, 0.25) is 5.82 Å². The van der Waals surface area contributed by atoms with Crippen LogP contribution in [0.3, 0.4) is 0 Å². The number of aromatic nitrogens is 8. The second-order valence-electron chi connectivity index (χ2n) is 11.9. The van der Waals surface area contributed by atoms with Gasteiger partial charge < -0.3 is 4.57 Å². The summed E-state index contributed by atoms with van der Waals surface area (Å²) in [5.74, 6) is 2.06. The zero-order valence-corrected chi connectivity index (χ0v) is 24.6. The summed E-state index contributed by atoms with van der Waals surface area (Å²) >= 11 is 0. The van der Waals surface area contributed by atoms with E-state index >= 15 is 0 Å². The molecule has 2 aromatic carbocycles. The maximum atomic E-state index is 14.0. The van der Waals surface area contributed by atoms with Crippen molar-refractivity contribution in [3.63, 3.8) is 0 Å². The van der Waals surface area contributed by atoms with Gasteiger partial charge in [-0.25, -0.2) is 9.78 Å². The van der Waals surface area contributed by atoms with E-state index in [4.69, 9.17) is 4.98 Å². The van der Waals surface area contributed by atoms with Crippen molar-refractivity contribution < 1.29 is 0 Å². The Kier molecular flexibility index (Phi) is 7.86. The Bertz CT molecular complexity index is 1790. The molecule has 10 heteroatoms. The van der Waals surface area contributed by atoms with Crippen molar-refractivity contribution >= 4 is 11.2 Å². The van der Waals surface area contributed by atoms with Crippen molar-refractivity contribution in [1.82, 2.24) is 39.3 Å². The molecule has 42 heavy (non-hydrogen) atoms. The molecule has 10 nitrogen and oxygen atoms in total. The summed E-state index contributed by atoms with van der Waals surface area (Å²) in [5, 5.41) is 14.6. The highest BCUT2D eigenvalue weighted by Gasteiger charge is 2.27. The van der Waals surface area contributed by atoms with E-state index < -0.39 is 0 Å². The Morgan fingerprint density at radius 2 is 1.71 bits per heavy atom. The molecule has 0 aliphatic heterocycles. The SMILES string of the molecule is CCCCCc1nc2c(c(=O)n(CC3CC3)c(=O)n2CC(C)C)n1Cc1ccc(-c2ccccc2-c2nn[nH]n2)cc1. The number of nitrogens with zero attached hydrogens (tertiary/aromatic N) is 7. The molecule has 1 aliphatic carbocycles. The lowest BCUT2D eigenvalue weighted by Crippen LogP contribution is -2.41. The zero-order valence-electron chi connectivity index (χ0n) is 24.6. The van der Waals surface area contributed by atoms with E-state index in [9.17, 15) is 9.59 Å². The van der Waals surface area contributed by atoms with Gasteiger partial charge in [0.25, 0.3) is 5.56 Å². The van der Waals surface area contributed by atoms with E-state index in [1.165, 1.54) is 4.57 Å². The second kappa shape index (κ2) is 11.9. The third kappa shape index (κ3) is 5.57. The molecule has 0 spiro atoms. The van der Waals surface area contributed by atoms with Crippen LogP contribution in [0.4, 0.5) is 0 Å². The number of unbranched alkanes of at least 4 members (excludes halogenated alkanes) is 2. The number of aryl methyl sites for hydroxylation is 1. The van der Waals surface area contributed by atoms with Crippen LogP contribution < -0.4 is 11.2 Å². The summed E-state index contributed by atoms with van der Waals surface area (Å²) in [6, 6.07) is 16.4. The lowest BCUT2D eigenvalue weighted by molar-refractivity contribution is 0.477. The Morgan fingerprint density at radius 3 is 2.38 bits per heavy atom. The van der Waals surface area contributed by atoms with Crippen LogP contribution in [-0.2, 0) is 26.1 Å². The minimum absolute atomic E-state index is 0.221. The third-order valence-electron chi connectivity index (χ3n) is 8.00. The number of nitrogens with one attached hydrogen (secondary N) is 1.